The van der Waals surface area contributed by atoms with Crippen LogP contribution in [0.3, 0.4) is 0 Å². The van der Waals surface area contributed by atoms with E-state index in [2.05, 4.69) is 24.2 Å². The number of carbonyl (C=O) groups excluding carboxylic acids is 1. The third-order valence-corrected chi connectivity index (χ3v) is 4.18. The van der Waals surface area contributed by atoms with Crippen molar-refractivity contribution in [3.8, 4) is 0 Å². The average Bonchev–Trinajstić information content (AvgIpc) is 2.48. The van der Waals surface area contributed by atoms with Crippen LogP contribution in [0.5, 0.6) is 0 Å². The zero-order valence-corrected chi connectivity index (χ0v) is 13.5. The maximum atomic E-state index is 11.9. The van der Waals surface area contributed by atoms with Gasteiger partial charge < -0.3 is 15.0 Å². The van der Waals surface area contributed by atoms with E-state index in [-0.39, 0.29) is 12.0 Å². The Labute approximate surface area is 124 Å². The van der Waals surface area contributed by atoms with Gasteiger partial charge in [-0.2, -0.15) is 0 Å². The lowest BCUT2D eigenvalue weighted by Gasteiger charge is -2.32. The van der Waals surface area contributed by atoms with Gasteiger partial charge in [0.15, 0.2) is 0 Å². The largest absolute Gasteiger partial charge is 0.465 e. The van der Waals surface area contributed by atoms with Crippen LogP contribution >= 0.6 is 0 Å². The molecule has 0 aromatic carbocycles. The number of rotatable bonds is 9. The molecule has 4 nitrogen and oxygen atoms in total. The van der Waals surface area contributed by atoms with Crippen molar-refractivity contribution < 1.29 is 9.53 Å². The van der Waals surface area contributed by atoms with Crippen LogP contribution in [0.4, 0.5) is 0 Å². The zero-order valence-electron chi connectivity index (χ0n) is 13.5. The van der Waals surface area contributed by atoms with E-state index in [0.717, 1.165) is 25.9 Å². The number of esters is 1. The van der Waals surface area contributed by atoms with Crippen molar-refractivity contribution in [2.45, 2.75) is 70.9 Å². The van der Waals surface area contributed by atoms with Gasteiger partial charge in [-0.1, -0.05) is 26.2 Å². The summed E-state index contributed by atoms with van der Waals surface area (Å²) in [7, 11) is 2.19. The Hall–Kier alpha value is -0.610. The van der Waals surface area contributed by atoms with Gasteiger partial charge in [0.25, 0.3) is 0 Å². The zero-order chi connectivity index (χ0) is 14.8. The van der Waals surface area contributed by atoms with Crippen molar-refractivity contribution in [3.63, 3.8) is 0 Å². The predicted octanol–water partition coefficient (Wildman–Crippen LogP) is 2.57. The summed E-state index contributed by atoms with van der Waals surface area (Å²) in [5.41, 5.74) is 0. The maximum absolute atomic E-state index is 11.9. The first-order valence-corrected chi connectivity index (χ1v) is 8.29. The summed E-state index contributed by atoms with van der Waals surface area (Å²) in [6, 6.07) is 0.554. The Morgan fingerprint density at radius 3 is 2.60 bits per heavy atom. The van der Waals surface area contributed by atoms with E-state index in [1.54, 1.807) is 0 Å². The molecular weight excluding hydrogens is 252 g/mol. The van der Waals surface area contributed by atoms with Gasteiger partial charge in [0.1, 0.15) is 6.04 Å². The highest BCUT2D eigenvalue weighted by Gasteiger charge is 2.22. The summed E-state index contributed by atoms with van der Waals surface area (Å²) in [5.74, 6) is -0.0991. The highest BCUT2D eigenvalue weighted by Crippen LogP contribution is 2.21. The summed E-state index contributed by atoms with van der Waals surface area (Å²) in [6.07, 6.45) is 8.58. The van der Waals surface area contributed by atoms with E-state index >= 15 is 0 Å². The van der Waals surface area contributed by atoms with Crippen LogP contribution in [0, 0.1) is 0 Å². The summed E-state index contributed by atoms with van der Waals surface area (Å²) < 4.78 is 5.16. The van der Waals surface area contributed by atoms with Crippen LogP contribution in [-0.4, -0.2) is 49.7 Å². The molecule has 0 heterocycles. The van der Waals surface area contributed by atoms with Crippen molar-refractivity contribution >= 4 is 5.97 Å². The van der Waals surface area contributed by atoms with E-state index in [9.17, 15) is 4.79 Å². The highest BCUT2D eigenvalue weighted by molar-refractivity contribution is 5.75. The molecule has 0 radical (unpaired) electrons. The molecule has 118 valence electrons. The third-order valence-electron chi connectivity index (χ3n) is 4.18. The fourth-order valence-corrected chi connectivity index (χ4v) is 2.90. The Morgan fingerprint density at radius 1 is 1.30 bits per heavy atom. The number of ether oxygens (including phenoxy) is 1. The van der Waals surface area contributed by atoms with Gasteiger partial charge in [-0.3, -0.25) is 4.79 Å². The van der Waals surface area contributed by atoms with Crippen LogP contribution in [0.15, 0.2) is 0 Å². The molecule has 1 unspecified atom stereocenters. The average molecular weight is 284 g/mol. The molecule has 0 aromatic rings. The first-order valence-electron chi connectivity index (χ1n) is 8.29. The van der Waals surface area contributed by atoms with Gasteiger partial charge in [0, 0.05) is 12.6 Å². The molecule has 1 N–H and O–H groups in total. The standard InChI is InChI=1S/C16H32N2O2/c1-4-12-17-15(16(19)20-5-2)11-13-18(3)14-9-7-6-8-10-14/h14-15,17H,4-13H2,1-3H3. The molecule has 0 bridgehead atoms. The first kappa shape index (κ1) is 17.4. The van der Waals surface area contributed by atoms with E-state index in [4.69, 9.17) is 4.74 Å². The van der Waals surface area contributed by atoms with Crippen molar-refractivity contribution in [1.29, 1.82) is 0 Å². The lowest BCUT2D eigenvalue weighted by Crippen LogP contribution is -2.42. The minimum absolute atomic E-state index is 0.0991. The Morgan fingerprint density at radius 2 is 2.00 bits per heavy atom. The second-order valence-corrected chi connectivity index (χ2v) is 5.82. The molecule has 1 fully saturated rings. The SMILES string of the molecule is CCCNC(CCN(C)C1CCCCC1)C(=O)OCC. The Bertz CT molecular complexity index is 265. The quantitative estimate of drug-likeness (QED) is 0.661. The second kappa shape index (κ2) is 10.2. The predicted molar refractivity (Wildman–Crippen MR) is 82.8 cm³/mol. The van der Waals surface area contributed by atoms with Gasteiger partial charge >= 0.3 is 5.97 Å². The second-order valence-electron chi connectivity index (χ2n) is 5.82. The maximum Gasteiger partial charge on any atom is 0.323 e. The van der Waals surface area contributed by atoms with Crippen molar-refractivity contribution in [2.75, 3.05) is 26.7 Å². The van der Waals surface area contributed by atoms with E-state index < -0.39 is 0 Å². The molecule has 1 saturated carbocycles. The molecular formula is C16H32N2O2. The fraction of sp³-hybridized carbons (Fsp3) is 0.938. The number of nitrogens with zero attached hydrogens (tertiary/aromatic N) is 1. The number of carbonyl (C=O) groups is 1. The van der Waals surface area contributed by atoms with Crippen LogP contribution < -0.4 is 5.32 Å². The lowest BCUT2D eigenvalue weighted by atomic mass is 9.94. The minimum Gasteiger partial charge on any atom is -0.465 e. The number of hydrogen-bond acceptors (Lipinski definition) is 4. The molecule has 1 rings (SSSR count). The monoisotopic (exact) mass is 284 g/mol. The van der Waals surface area contributed by atoms with E-state index in [0.29, 0.717) is 12.6 Å². The molecule has 20 heavy (non-hydrogen) atoms. The molecule has 1 atom stereocenters. The van der Waals surface area contributed by atoms with E-state index in [1.165, 1.54) is 32.1 Å². The van der Waals surface area contributed by atoms with Crippen molar-refractivity contribution in [1.82, 2.24) is 10.2 Å². The van der Waals surface area contributed by atoms with Gasteiger partial charge in [0.05, 0.1) is 6.61 Å². The molecule has 0 saturated heterocycles. The van der Waals surface area contributed by atoms with Gasteiger partial charge in [-0.15, -0.1) is 0 Å². The van der Waals surface area contributed by atoms with Crippen LogP contribution in [-0.2, 0) is 9.53 Å². The Kier molecular flexibility index (Phi) is 8.86. The van der Waals surface area contributed by atoms with Crippen LogP contribution in [0.2, 0.25) is 0 Å². The molecule has 0 aliphatic heterocycles. The smallest absolute Gasteiger partial charge is 0.323 e. The summed E-state index contributed by atoms with van der Waals surface area (Å²) >= 11 is 0. The van der Waals surface area contributed by atoms with Gasteiger partial charge in [0.2, 0.25) is 0 Å². The molecule has 0 amide bonds. The lowest BCUT2D eigenvalue weighted by molar-refractivity contribution is -0.146. The van der Waals surface area contributed by atoms with E-state index in [1.807, 2.05) is 6.92 Å². The normalized spacial score (nSPS) is 18.2. The van der Waals surface area contributed by atoms with Crippen molar-refractivity contribution in [2.24, 2.45) is 0 Å². The number of nitrogens with one attached hydrogen (secondary N) is 1. The van der Waals surface area contributed by atoms with Crippen LogP contribution in [0.1, 0.15) is 58.8 Å². The summed E-state index contributed by atoms with van der Waals surface area (Å²) in [6.45, 7) is 6.27. The fourth-order valence-electron chi connectivity index (χ4n) is 2.90. The molecule has 0 spiro atoms. The summed E-state index contributed by atoms with van der Waals surface area (Å²) in [4.78, 5) is 14.4. The Balaban J connectivity index is 2.37. The van der Waals surface area contributed by atoms with Gasteiger partial charge in [-0.05, 0) is 46.2 Å². The molecule has 1 aliphatic carbocycles. The molecule has 0 aromatic heterocycles. The first-order chi connectivity index (χ1) is 9.69. The van der Waals surface area contributed by atoms with Crippen LogP contribution in [0.25, 0.3) is 0 Å². The minimum atomic E-state index is -0.152. The highest BCUT2D eigenvalue weighted by atomic mass is 16.5. The summed E-state index contributed by atoms with van der Waals surface area (Å²) in [5, 5.41) is 3.31. The topological polar surface area (TPSA) is 41.6 Å². The van der Waals surface area contributed by atoms with Crippen molar-refractivity contribution in [3.05, 3.63) is 0 Å². The molecule has 1 aliphatic rings. The number of hydrogen-bond donors (Lipinski definition) is 1. The third kappa shape index (κ3) is 6.23. The van der Waals surface area contributed by atoms with Gasteiger partial charge in [-0.25, -0.2) is 0 Å². The molecule has 4 heteroatoms.